The standard InChI is InChI=1S/C12H13ClN2/c1-2-8-9-5-3-4-6-11(9)15-12(13)10(8)7-14/h2-6H2,1H3. The Labute approximate surface area is 94.9 Å². The van der Waals surface area contributed by atoms with Crippen molar-refractivity contribution < 1.29 is 0 Å². The third kappa shape index (κ3) is 1.72. The molecule has 3 heteroatoms. The zero-order valence-corrected chi connectivity index (χ0v) is 9.56. The topological polar surface area (TPSA) is 36.7 Å². The maximum Gasteiger partial charge on any atom is 0.147 e. The van der Waals surface area contributed by atoms with Gasteiger partial charge in [-0.2, -0.15) is 5.26 Å². The van der Waals surface area contributed by atoms with E-state index < -0.39 is 0 Å². The summed E-state index contributed by atoms with van der Waals surface area (Å²) < 4.78 is 0. The van der Waals surface area contributed by atoms with Crippen LogP contribution in [0.5, 0.6) is 0 Å². The molecule has 0 fully saturated rings. The van der Waals surface area contributed by atoms with E-state index in [0.29, 0.717) is 10.7 Å². The van der Waals surface area contributed by atoms with Crippen LogP contribution in [0.15, 0.2) is 0 Å². The molecule has 0 saturated heterocycles. The maximum absolute atomic E-state index is 9.06. The molecule has 1 aliphatic carbocycles. The van der Waals surface area contributed by atoms with Gasteiger partial charge in [0.1, 0.15) is 11.2 Å². The Morgan fingerprint density at radius 2 is 2.13 bits per heavy atom. The molecule has 0 unspecified atom stereocenters. The lowest BCUT2D eigenvalue weighted by molar-refractivity contribution is 0.660. The van der Waals surface area contributed by atoms with Crippen LogP contribution in [0.4, 0.5) is 0 Å². The van der Waals surface area contributed by atoms with Gasteiger partial charge in [0.2, 0.25) is 0 Å². The van der Waals surface area contributed by atoms with Crippen molar-refractivity contribution in [2.45, 2.75) is 39.0 Å². The molecule has 78 valence electrons. The van der Waals surface area contributed by atoms with Crippen molar-refractivity contribution in [3.8, 4) is 6.07 Å². The molecule has 0 bridgehead atoms. The van der Waals surface area contributed by atoms with Crippen LogP contribution < -0.4 is 0 Å². The summed E-state index contributed by atoms with van der Waals surface area (Å²) in [5.74, 6) is 0. The minimum atomic E-state index is 0.384. The van der Waals surface area contributed by atoms with Gasteiger partial charge in [-0.15, -0.1) is 0 Å². The molecule has 0 aliphatic heterocycles. The van der Waals surface area contributed by atoms with Crippen molar-refractivity contribution in [1.29, 1.82) is 5.26 Å². The van der Waals surface area contributed by atoms with Gasteiger partial charge in [0.25, 0.3) is 0 Å². The Hall–Kier alpha value is -1.07. The smallest absolute Gasteiger partial charge is 0.147 e. The number of nitriles is 1. The van der Waals surface area contributed by atoms with E-state index in [1.54, 1.807) is 0 Å². The van der Waals surface area contributed by atoms with Crippen molar-refractivity contribution in [1.82, 2.24) is 4.98 Å². The van der Waals surface area contributed by atoms with Gasteiger partial charge in [0.15, 0.2) is 0 Å². The SMILES string of the molecule is CCc1c(C#N)c(Cl)nc2c1CCCC2. The number of hydrogen-bond acceptors (Lipinski definition) is 2. The summed E-state index contributed by atoms with van der Waals surface area (Å²) in [6.07, 6.45) is 5.32. The first kappa shape index (κ1) is 10.4. The number of nitrogens with zero attached hydrogens (tertiary/aromatic N) is 2. The molecule has 2 nitrogen and oxygen atoms in total. The largest absolute Gasteiger partial charge is 0.239 e. The highest BCUT2D eigenvalue weighted by molar-refractivity contribution is 6.30. The second-order valence-corrected chi connectivity index (χ2v) is 4.21. The van der Waals surface area contributed by atoms with Crippen LogP contribution in [-0.2, 0) is 19.3 Å². The van der Waals surface area contributed by atoms with Crippen LogP contribution in [0.3, 0.4) is 0 Å². The number of aromatic nitrogens is 1. The first-order valence-electron chi connectivity index (χ1n) is 5.38. The van der Waals surface area contributed by atoms with Crippen molar-refractivity contribution in [2.75, 3.05) is 0 Å². The van der Waals surface area contributed by atoms with Crippen LogP contribution in [0, 0.1) is 11.3 Å². The van der Waals surface area contributed by atoms with Gasteiger partial charge >= 0.3 is 0 Å². The second kappa shape index (κ2) is 4.20. The van der Waals surface area contributed by atoms with Gasteiger partial charge in [-0.3, -0.25) is 0 Å². The lowest BCUT2D eigenvalue weighted by Gasteiger charge is -2.19. The molecule has 2 rings (SSSR count). The van der Waals surface area contributed by atoms with Crippen LogP contribution in [0.2, 0.25) is 5.15 Å². The molecular weight excluding hydrogens is 208 g/mol. The third-order valence-corrected chi connectivity index (χ3v) is 3.28. The van der Waals surface area contributed by atoms with Gasteiger partial charge in [-0.1, -0.05) is 18.5 Å². The van der Waals surface area contributed by atoms with Gasteiger partial charge in [0, 0.05) is 5.69 Å². The van der Waals surface area contributed by atoms with Crippen molar-refractivity contribution in [2.24, 2.45) is 0 Å². The summed E-state index contributed by atoms with van der Waals surface area (Å²) >= 11 is 6.01. The molecule has 1 aromatic rings. The lowest BCUT2D eigenvalue weighted by atomic mass is 9.89. The number of hydrogen-bond donors (Lipinski definition) is 0. The van der Waals surface area contributed by atoms with E-state index in [0.717, 1.165) is 30.5 Å². The quantitative estimate of drug-likeness (QED) is 0.682. The average Bonchev–Trinajstić information content (AvgIpc) is 2.27. The Kier molecular flexibility index (Phi) is 2.93. The van der Waals surface area contributed by atoms with Crippen molar-refractivity contribution in [3.63, 3.8) is 0 Å². The Morgan fingerprint density at radius 3 is 2.80 bits per heavy atom. The minimum Gasteiger partial charge on any atom is -0.239 e. The lowest BCUT2D eigenvalue weighted by Crippen LogP contribution is -2.11. The van der Waals surface area contributed by atoms with E-state index in [1.807, 2.05) is 0 Å². The molecule has 0 spiro atoms. The fraction of sp³-hybridized carbons (Fsp3) is 0.500. The molecule has 0 N–H and O–H groups in total. The monoisotopic (exact) mass is 220 g/mol. The Balaban J connectivity index is 2.66. The third-order valence-electron chi connectivity index (χ3n) is 3.01. The van der Waals surface area contributed by atoms with Crippen LogP contribution in [0.1, 0.15) is 42.1 Å². The number of halogens is 1. The highest BCUT2D eigenvalue weighted by atomic mass is 35.5. The van der Waals surface area contributed by atoms with E-state index in [9.17, 15) is 0 Å². The minimum absolute atomic E-state index is 0.384. The first-order valence-corrected chi connectivity index (χ1v) is 5.76. The predicted molar refractivity (Wildman–Crippen MR) is 60.0 cm³/mol. The predicted octanol–water partition coefficient (Wildman–Crippen LogP) is 3.05. The molecular formula is C12H13ClN2. The zero-order chi connectivity index (χ0) is 10.8. The second-order valence-electron chi connectivity index (χ2n) is 3.85. The summed E-state index contributed by atoms with van der Waals surface area (Å²) in [7, 11) is 0. The molecule has 0 atom stereocenters. The maximum atomic E-state index is 9.06. The summed E-state index contributed by atoms with van der Waals surface area (Å²) in [5.41, 5.74) is 4.10. The molecule has 0 radical (unpaired) electrons. The van der Waals surface area contributed by atoms with E-state index in [4.69, 9.17) is 16.9 Å². The molecule has 0 aromatic carbocycles. The van der Waals surface area contributed by atoms with E-state index in [1.165, 1.54) is 18.4 Å². The first-order chi connectivity index (χ1) is 7.27. The normalized spacial score (nSPS) is 14.5. The van der Waals surface area contributed by atoms with Gasteiger partial charge in [-0.25, -0.2) is 4.98 Å². The van der Waals surface area contributed by atoms with Gasteiger partial charge in [-0.05, 0) is 43.2 Å². The van der Waals surface area contributed by atoms with E-state index >= 15 is 0 Å². The fourth-order valence-electron chi connectivity index (χ4n) is 2.29. The number of rotatable bonds is 1. The van der Waals surface area contributed by atoms with Gasteiger partial charge in [0.05, 0.1) is 5.56 Å². The zero-order valence-electron chi connectivity index (χ0n) is 8.81. The van der Waals surface area contributed by atoms with E-state index in [-0.39, 0.29) is 0 Å². The summed E-state index contributed by atoms with van der Waals surface area (Å²) in [4.78, 5) is 4.34. The molecule has 1 heterocycles. The molecule has 0 saturated carbocycles. The number of aryl methyl sites for hydroxylation is 1. The average molecular weight is 221 g/mol. The Morgan fingerprint density at radius 1 is 1.40 bits per heavy atom. The fourth-order valence-corrected chi connectivity index (χ4v) is 2.55. The molecule has 1 aromatic heterocycles. The molecule has 0 amide bonds. The highest BCUT2D eigenvalue weighted by Crippen LogP contribution is 2.29. The summed E-state index contributed by atoms with van der Waals surface area (Å²) in [5, 5.41) is 9.44. The van der Waals surface area contributed by atoms with Crippen LogP contribution in [-0.4, -0.2) is 4.98 Å². The number of pyridine rings is 1. The highest BCUT2D eigenvalue weighted by Gasteiger charge is 2.19. The van der Waals surface area contributed by atoms with Crippen LogP contribution >= 0.6 is 11.6 Å². The van der Waals surface area contributed by atoms with E-state index in [2.05, 4.69) is 18.0 Å². The summed E-state index contributed by atoms with van der Waals surface area (Å²) in [6.45, 7) is 2.07. The number of fused-ring (bicyclic) bond motifs is 1. The molecule has 1 aliphatic rings. The van der Waals surface area contributed by atoms with Crippen LogP contribution in [0.25, 0.3) is 0 Å². The van der Waals surface area contributed by atoms with Crippen molar-refractivity contribution in [3.05, 3.63) is 27.5 Å². The van der Waals surface area contributed by atoms with Crippen molar-refractivity contribution >= 4 is 11.6 Å². The molecule has 15 heavy (non-hydrogen) atoms. The van der Waals surface area contributed by atoms with Gasteiger partial charge < -0.3 is 0 Å². The Bertz CT molecular complexity index is 432. The summed E-state index contributed by atoms with van der Waals surface area (Å²) in [6, 6.07) is 2.17.